The van der Waals surface area contributed by atoms with E-state index < -0.39 is 0 Å². The first-order valence-electron chi connectivity index (χ1n) is 7.03. The Morgan fingerprint density at radius 3 is 2.37 bits per heavy atom. The lowest BCUT2D eigenvalue weighted by Crippen LogP contribution is -2.05. The van der Waals surface area contributed by atoms with Gasteiger partial charge in [-0.15, -0.1) is 0 Å². The van der Waals surface area contributed by atoms with Crippen molar-refractivity contribution in [2.24, 2.45) is 5.92 Å². The van der Waals surface area contributed by atoms with Crippen molar-refractivity contribution in [3.05, 3.63) is 17.6 Å². The molecule has 2 aromatic heterocycles. The van der Waals surface area contributed by atoms with E-state index in [-0.39, 0.29) is 0 Å². The predicted octanol–water partition coefficient (Wildman–Crippen LogP) is 2.69. The summed E-state index contributed by atoms with van der Waals surface area (Å²) in [5.41, 5.74) is 2.20. The first-order valence-corrected chi connectivity index (χ1v) is 7.03. The highest BCUT2D eigenvalue weighted by atomic mass is 15.4. The fraction of sp³-hybridized carbons (Fsp3) is 0.643. The maximum absolute atomic E-state index is 4.67. The summed E-state index contributed by atoms with van der Waals surface area (Å²) in [7, 11) is 0. The normalized spacial score (nSPS) is 11.5. The van der Waals surface area contributed by atoms with Crippen LogP contribution >= 0.6 is 0 Å². The molecule has 0 radical (unpaired) electrons. The van der Waals surface area contributed by atoms with Gasteiger partial charge in [0, 0.05) is 13.1 Å². The van der Waals surface area contributed by atoms with Gasteiger partial charge in [-0.05, 0) is 39.2 Å². The van der Waals surface area contributed by atoms with E-state index in [1.54, 1.807) is 0 Å². The van der Waals surface area contributed by atoms with Crippen LogP contribution < -0.4 is 0 Å². The topological polar surface area (TPSA) is 48.5 Å². The van der Waals surface area contributed by atoms with Crippen LogP contribution in [0.5, 0.6) is 0 Å². The van der Waals surface area contributed by atoms with Crippen molar-refractivity contribution < 1.29 is 0 Å². The molecule has 0 amide bonds. The Morgan fingerprint density at radius 1 is 1.11 bits per heavy atom. The molecule has 0 aromatic carbocycles. The van der Waals surface area contributed by atoms with Gasteiger partial charge in [-0.2, -0.15) is 10.2 Å². The van der Waals surface area contributed by atoms with Gasteiger partial charge >= 0.3 is 0 Å². The van der Waals surface area contributed by atoms with E-state index in [2.05, 4.69) is 48.9 Å². The molecule has 2 rings (SSSR count). The number of hydrogen-bond acceptors (Lipinski definition) is 3. The molecule has 5 nitrogen and oxygen atoms in total. The number of rotatable bonds is 5. The van der Waals surface area contributed by atoms with Crippen molar-refractivity contribution in [3.8, 4) is 11.5 Å². The van der Waals surface area contributed by atoms with E-state index in [1.807, 2.05) is 16.3 Å². The first-order chi connectivity index (χ1) is 9.05. The molecule has 0 spiro atoms. The van der Waals surface area contributed by atoms with Gasteiger partial charge in [0.1, 0.15) is 11.5 Å². The Balaban J connectivity index is 2.45. The van der Waals surface area contributed by atoms with Crippen molar-refractivity contribution in [3.63, 3.8) is 0 Å². The second kappa shape index (κ2) is 5.55. The van der Waals surface area contributed by atoms with Crippen LogP contribution in [0.1, 0.15) is 39.2 Å². The zero-order chi connectivity index (χ0) is 14.0. The lowest BCUT2D eigenvalue weighted by molar-refractivity contribution is 0.597. The van der Waals surface area contributed by atoms with Crippen molar-refractivity contribution in [1.29, 1.82) is 0 Å². The average molecular weight is 261 g/mol. The lowest BCUT2D eigenvalue weighted by atomic mass is 10.1. The largest absolute Gasteiger partial charge is 0.262 e. The number of nitrogens with zero attached hydrogens (tertiary/aromatic N) is 5. The SMILES string of the molecule is CCn1nc(CC(C)C)cc1-c1nc(C)nn1CC. The molecule has 0 saturated heterocycles. The second-order valence-corrected chi connectivity index (χ2v) is 5.23. The van der Waals surface area contributed by atoms with Gasteiger partial charge in [-0.1, -0.05) is 13.8 Å². The van der Waals surface area contributed by atoms with Crippen LogP contribution in [0.2, 0.25) is 0 Å². The van der Waals surface area contributed by atoms with Crippen LogP contribution in [0.15, 0.2) is 6.07 Å². The smallest absolute Gasteiger partial charge is 0.176 e. The molecule has 19 heavy (non-hydrogen) atoms. The minimum absolute atomic E-state index is 0.610. The molecule has 0 aliphatic heterocycles. The van der Waals surface area contributed by atoms with Gasteiger partial charge in [0.2, 0.25) is 0 Å². The highest BCUT2D eigenvalue weighted by Gasteiger charge is 2.16. The molecule has 2 heterocycles. The standard InChI is InChI=1S/C14H23N5/c1-6-18-13(9-12(17-18)8-10(3)4)14-15-11(5)16-19(14)7-2/h9-10H,6-8H2,1-5H3. The molecule has 0 fully saturated rings. The Bertz CT molecular complexity index is 550. The Hall–Kier alpha value is -1.65. The van der Waals surface area contributed by atoms with Gasteiger partial charge in [0.25, 0.3) is 0 Å². The van der Waals surface area contributed by atoms with Crippen LogP contribution in [0.25, 0.3) is 11.5 Å². The minimum atomic E-state index is 0.610. The van der Waals surface area contributed by atoms with E-state index in [0.717, 1.165) is 42.5 Å². The van der Waals surface area contributed by atoms with Crippen molar-refractivity contribution in [2.45, 2.75) is 54.1 Å². The minimum Gasteiger partial charge on any atom is -0.262 e. The predicted molar refractivity (Wildman–Crippen MR) is 75.9 cm³/mol. The second-order valence-electron chi connectivity index (χ2n) is 5.23. The van der Waals surface area contributed by atoms with Gasteiger partial charge in [-0.25, -0.2) is 9.67 Å². The third-order valence-corrected chi connectivity index (χ3v) is 3.05. The molecule has 0 atom stereocenters. The van der Waals surface area contributed by atoms with Crippen molar-refractivity contribution >= 4 is 0 Å². The highest BCUT2D eigenvalue weighted by molar-refractivity contribution is 5.51. The Kier molecular flexibility index (Phi) is 4.02. The van der Waals surface area contributed by atoms with Gasteiger partial charge in [-0.3, -0.25) is 4.68 Å². The Morgan fingerprint density at radius 2 is 1.79 bits per heavy atom. The lowest BCUT2D eigenvalue weighted by Gasteiger charge is -2.04. The summed E-state index contributed by atoms with van der Waals surface area (Å²) in [4.78, 5) is 4.54. The molecule has 0 unspecified atom stereocenters. The van der Waals surface area contributed by atoms with E-state index >= 15 is 0 Å². The summed E-state index contributed by atoms with van der Waals surface area (Å²) in [6, 6.07) is 2.15. The fourth-order valence-corrected chi connectivity index (χ4v) is 2.27. The number of hydrogen-bond donors (Lipinski definition) is 0. The third-order valence-electron chi connectivity index (χ3n) is 3.05. The molecule has 0 saturated carbocycles. The van der Waals surface area contributed by atoms with Crippen molar-refractivity contribution in [1.82, 2.24) is 24.5 Å². The quantitative estimate of drug-likeness (QED) is 0.831. The summed E-state index contributed by atoms with van der Waals surface area (Å²) in [5, 5.41) is 9.08. The monoisotopic (exact) mass is 261 g/mol. The van der Waals surface area contributed by atoms with E-state index in [4.69, 9.17) is 0 Å². The molecule has 0 aliphatic rings. The van der Waals surface area contributed by atoms with Crippen LogP contribution in [0.4, 0.5) is 0 Å². The zero-order valence-electron chi connectivity index (χ0n) is 12.5. The third kappa shape index (κ3) is 2.85. The number of aryl methyl sites for hydroxylation is 3. The van der Waals surface area contributed by atoms with Gasteiger partial charge in [0.15, 0.2) is 5.82 Å². The maximum atomic E-state index is 4.67. The molecule has 0 N–H and O–H groups in total. The summed E-state index contributed by atoms with van der Waals surface area (Å²) < 4.78 is 3.96. The molecule has 5 heteroatoms. The van der Waals surface area contributed by atoms with E-state index in [9.17, 15) is 0 Å². The van der Waals surface area contributed by atoms with Crippen LogP contribution in [-0.4, -0.2) is 24.5 Å². The first kappa shape index (κ1) is 13.8. The van der Waals surface area contributed by atoms with Gasteiger partial charge in [0.05, 0.1) is 5.69 Å². The molecular weight excluding hydrogens is 238 g/mol. The molecule has 0 bridgehead atoms. The van der Waals surface area contributed by atoms with Crippen LogP contribution in [0, 0.1) is 12.8 Å². The summed E-state index contributed by atoms with van der Waals surface area (Å²) in [6.07, 6.45) is 0.999. The van der Waals surface area contributed by atoms with Gasteiger partial charge < -0.3 is 0 Å². The number of aromatic nitrogens is 5. The van der Waals surface area contributed by atoms with E-state index in [1.165, 1.54) is 0 Å². The molecular formula is C14H23N5. The zero-order valence-corrected chi connectivity index (χ0v) is 12.5. The molecule has 2 aromatic rings. The van der Waals surface area contributed by atoms with E-state index in [0.29, 0.717) is 5.92 Å². The maximum Gasteiger partial charge on any atom is 0.176 e. The van der Waals surface area contributed by atoms with Crippen LogP contribution in [-0.2, 0) is 19.5 Å². The molecule has 104 valence electrons. The van der Waals surface area contributed by atoms with Crippen molar-refractivity contribution in [2.75, 3.05) is 0 Å². The van der Waals surface area contributed by atoms with Crippen LogP contribution in [0.3, 0.4) is 0 Å². The molecule has 0 aliphatic carbocycles. The summed E-state index contributed by atoms with van der Waals surface area (Å²) >= 11 is 0. The Labute approximate surface area is 114 Å². The summed E-state index contributed by atoms with van der Waals surface area (Å²) in [6.45, 7) is 12.2. The average Bonchev–Trinajstić information content (AvgIpc) is 2.91. The fourth-order valence-electron chi connectivity index (χ4n) is 2.27. The highest BCUT2D eigenvalue weighted by Crippen LogP contribution is 2.20. The summed E-state index contributed by atoms with van der Waals surface area (Å²) in [5.74, 6) is 2.34.